The maximum Gasteiger partial charge on any atom is 0.251 e. The second-order valence-electron chi connectivity index (χ2n) is 5.70. The van der Waals surface area contributed by atoms with Crippen LogP contribution in [0.5, 0.6) is 0 Å². The Morgan fingerprint density at radius 1 is 0.960 bits per heavy atom. The highest BCUT2D eigenvalue weighted by atomic mass is 19.1. The molecule has 2 N–H and O–H groups in total. The summed E-state index contributed by atoms with van der Waals surface area (Å²) in [5.74, 6) is -1.28. The van der Waals surface area contributed by atoms with Crippen LogP contribution in [-0.2, 0) is 11.2 Å². The van der Waals surface area contributed by atoms with Crippen molar-refractivity contribution in [3.05, 3.63) is 70.8 Å². The zero-order valence-corrected chi connectivity index (χ0v) is 13.9. The van der Waals surface area contributed by atoms with E-state index in [9.17, 15) is 18.4 Å². The summed E-state index contributed by atoms with van der Waals surface area (Å²) >= 11 is 0. The highest BCUT2D eigenvalue weighted by Crippen LogP contribution is 2.09. The van der Waals surface area contributed by atoms with Crippen molar-refractivity contribution in [2.45, 2.75) is 19.8 Å². The zero-order chi connectivity index (χ0) is 18.2. The number of hydrogen-bond donors (Lipinski definition) is 2. The number of rotatable bonds is 7. The van der Waals surface area contributed by atoms with Gasteiger partial charge in [-0.15, -0.1) is 0 Å². The highest BCUT2D eigenvalue weighted by Gasteiger charge is 2.08. The van der Waals surface area contributed by atoms with Crippen molar-refractivity contribution in [3.8, 4) is 0 Å². The Labute approximate surface area is 145 Å². The quantitative estimate of drug-likeness (QED) is 0.758. The first-order valence-corrected chi connectivity index (χ1v) is 8.01. The average molecular weight is 346 g/mol. The molecule has 0 aromatic heterocycles. The molecule has 0 saturated heterocycles. The first-order valence-electron chi connectivity index (χ1n) is 8.01. The number of hydrogen-bond acceptors (Lipinski definition) is 2. The first-order chi connectivity index (χ1) is 12.0. The van der Waals surface area contributed by atoms with E-state index in [1.165, 1.54) is 18.2 Å². The lowest BCUT2D eigenvalue weighted by atomic mass is 10.1. The fraction of sp³-hybridized carbons (Fsp3) is 0.263. The van der Waals surface area contributed by atoms with Crippen LogP contribution in [-0.4, -0.2) is 24.9 Å². The zero-order valence-electron chi connectivity index (χ0n) is 13.9. The molecule has 0 radical (unpaired) electrons. The third-order valence-electron chi connectivity index (χ3n) is 3.72. The van der Waals surface area contributed by atoms with Crippen LogP contribution in [0.15, 0.2) is 42.5 Å². The summed E-state index contributed by atoms with van der Waals surface area (Å²) in [6.07, 6.45) is 0.796. The number of carbonyl (C=O) groups excluding carboxylic acids is 2. The van der Waals surface area contributed by atoms with E-state index < -0.39 is 5.82 Å². The van der Waals surface area contributed by atoms with Gasteiger partial charge >= 0.3 is 0 Å². The van der Waals surface area contributed by atoms with Gasteiger partial charge in [-0.2, -0.15) is 0 Å². The van der Waals surface area contributed by atoms with Crippen LogP contribution in [0.2, 0.25) is 0 Å². The van der Waals surface area contributed by atoms with Gasteiger partial charge in [0.1, 0.15) is 11.6 Å². The Bertz CT molecular complexity index is 746. The fourth-order valence-corrected chi connectivity index (χ4v) is 2.21. The number of aryl methyl sites for hydroxylation is 2. The molecule has 0 heterocycles. The van der Waals surface area contributed by atoms with Gasteiger partial charge in [-0.25, -0.2) is 8.78 Å². The minimum absolute atomic E-state index is 0.153. The molecule has 2 amide bonds. The van der Waals surface area contributed by atoms with E-state index in [4.69, 9.17) is 0 Å². The second-order valence-corrected chi connectivity index (χ2v) is 5.70. The molecule has 2 aromatic carbocycles. The molecule has 0 spiro atoms. The molecule has 132 valence electrons. The molecule has 0 atom stereocenters. The van der Waals surface area contributed by atoms with Gasteiger partial charge < -0.3 is 10.6 Å². The number of carbonyl (C=O) groups is 2. The minimum atomic E-state index is -0.429. The largest absolute Gasteiger partial charge is 0.354 e. The fourth-order valence-electron chi connectivity index (χ4n) is 2.21. The molecule has 6 heteroatoms. The van der Waals surface area contributed by atoms with Crippen LogP contribution in [0.25, 0.3) is 0 Å². The summed E-state index contributed by atoms with van der Waals surface area (Å²) < 4.78 is 26.2. The van der Waals surface area contributed by atoms with Crippen molar-refractivity contribution in [3.63, 3.8) is 0 Å². The summed E-state index contributed by atoms with van der Waals surface area (Å²) in [7, 11) is 0. The number of benzene rings is 2. The summed E-state index contributed by atoms with van der Waals surface area (Å²) in [5, 5.41) is 5.31. The van der Waals surface area contributed by atoms with Crippen LogP contribution in [0.4, 0.5) is 8.78 Å². The van der Waals surface area contributed by atoms with Gasteiger partial charge in [-0.3, -0.25) is 9.59 Å². The van der Waals surface area contributed by atoms with Gasteiger partial charge in [-0.05, 0) is 48.7 Å². The Morgan fingerprint density at radius 3 is 2.32 bits per heavy atom. The molecule has 0 fully saturated rings. The summed E-state index contributed by atoms with van der Waals surface area (Å²) in [4.78, 5) is 23.6. The molecule has 4 nitrogen and oxygen atoms in total. The molecule has 0 saturated carbocycles. The van der Waals surface area contributed by atoms with Crippen molar-refractivity contribution in [1.82, 2.24) is 10.6 Å². The number of nitrogens with one attached hydrogen (secondary N) is 2. The normalized spacial score (nSPS) is 10.4. The van der Waals surface area contributed by atoms with E-state index >= 15 is 0 Å². The predicted molar refractivity (Wildman–Crippen MR) is 91.2 cm³/mol. The lowest BCUT2D eigenvalue weighted by Gasteiger charge is -2.08. The van der Waals surface area contributed by atoms with E-state index in [0.717, 1.165) is 5.56 Å². The third-order valence-corrected chi connectivity index (χ3v) is 3.72. The molecule has 0 unspecified atom stereocenters. The Hall–Kier alpha value is -2.76. The van der Waals surface area contributed by atoms with Gasteiger partial charge in [-0.1, -0.05) is 18.2 Å². The van der Waals surface area contributed by atoms with Gasteiger partial charge in [0.15, 0.2) is 0 Å². The van der Waals surface area contributed by atoms with E-state index in [1.807, 2.05) is 0 Å². The minimum Gasteiger partial charge on any atom is -0.354 e. The molecule has 2 aromatic rings. The standard InChI is InChI=1S/C19H20F2N2O2/c1-13-2-6-15(12-17(13)21)19(25)23-11-10-22-18(24)9-5-14-3-7-16(20)8-4-14/h2-4,6-8,12H,5,9-11H2,1H3,(H,22,24)(H,23,25). The summed E-state index contributed by atoms with van der Waals surface area (Å²) in [5.41, 5.74) is 1.60. The Kier molecular flexibility index (Phi) is 6.62. The summed E-state index contributed by atoms with van der Waals surface area (Å²) in [6.45, 7) is 2.15. The highest BCUT2D eigenvalue weighted by molar-refractivity contribution is 5.94. The Morgan fingerprint density at radius 2 is 1.64 bits per heavy atom. The maximum absolute atomic E-state index is 13.4. The number of halogens is 2. The number of amides is 2. The molecule has 25 heavy (non-hydrogen) atoms. The van der Waals surface area contributed by atoms with Gasteiger partial charge in [0.2, 0.25) is 5.91 Å². The first kappa shape index (κ1) is 18.6. The topological polar surface area (TPSA) is 58.2 Å². The predicted octanol–water partition coefficient (Wildman–Crippen LogP) is 2.75. The van der Waals surface area contributed by atoms with E-state index in [0.29, 0.717) is 12.0 Å². The van der Waals surface area contributed by atoms with Crippen molar-refractivity contribution in [1.29, 1.82) is 0 Å². The molecule has 2 rings (SSSR count). The van der Waals surface area contributed by atoms with E-state index in [-0.39, 0.29) is 42.7 Å². The molecule has 0 aliphatic carbocycles. The Balaban J connectivity index is 1.66. The lowest BCUT2D eigenvalue weighted by Crippen LogP contribution is -2.34. The molecule has 0 bridgehead atoms. The van der Waals surface area contributed by atoms with Gasteiger partial charge in [0.25, 0.3) is 5.91 Å². The van der Waals surface area contributed by atoms with Crippen LogP contribution in [0.3, 0.4) is 0 Å². The van der Waals surface area contributed by atoms with Gasteiger partial charge in [0, 0.05) is 25.1 Å². The van der Waals surface area contributed by atoms with Crippen LogP contribution >= 0.6 is 0 Å². The molecular formula is C19H20F2N2O2. The molecular weight excluding hydrogens is 326 g/mol. The van der Waals surface area contributed by atoms with Crippen molar-refractivity contribution >= 4 is 11.8 Å². The van der Waals surface area contributed by atoms with Crippen LogP contribution in [0.1, 0.15) is 27.9 Å². The lowest BCUT2D eigenvalue weighted by molar-refractivity contribution is -0.121. The molecule has 0 aliphatic heterocycles. The third kappa shape index (κ3) is 5.99. The second kappa shape index (κ2) is 8.92. The van der Waals surface area contributed by atoms with Crippen LogP contribution < -0.4 is 10.6 Å². The molecule has 0 aliphatic rings. The van der Waals surface area contributed by atoms with Crippen molar-refractivity contribution in [2.75, 3.05) is 13.1 Å². The van der Waals surface area contributed by atoms with E-state index in [1.54, 1.807) is 31.2 Å². The van der Waals surface area contributed by atoms with E-state index in [2.05, 4.69) is 10.6 Å². The van der Waals surface area contributed by atoms with Gasteiger partial charge in [0.05, 0.1) is 0 Å². The van der Waals surface area contributed by atoms with Crippen LogP contribution in [0, 0.1) is 18.6 Å². The van der Waals surface area contributed by atoms with Crippen molar-refractivity contribution in [2.24, 2.45) is 0 Å². The SMILES string of the molecule is Cc1ccc(C(=O)NCCNC(=O)CCc2ccc(F)cc2)cc1F. The maximum atomic E-state index is 13.4. The van der Waals surface area contributed by atoms with Crippen molar-refractivity contribution < 1.29 is 18.4 Å². The average Bonchev–Trinajstić information content (AvgIpc) is 2.60. The monoisotopic (exact) mass is 346 g/mol. The summed E-state index contributed by atoms with van der Waals surface area (Å²) in [6, 6.07) is 10.3. The smallest absolute Gasteiger partial charge is 0.251 e.